The summed E-state index contributed by atoms with van der Waals surface area (Å²) in [7, 11) is 0. The molecule has 0 amide bonds. The predicted molar refractivity (Wildman–Crippen MR) is 62.5 cm³/mol. The largest absolute Gasteiger partial charge is 0.371 e. The molecule has 0 saturated carbocycles. The van der Waals surface area contributed by atoms with E-state index >= 15 is 0 Å². The van der Waals surface area contributed by atoms with Crippen LogP contribution < -0.4 is 4.90 Å². The molecule has 82 valence electrons. The molecule has 0 aromatic heterocycles. The normalized spacial score (nSPS) is 19.5. The van der Waals surface area contributed by atoms with Crippen LogP contribution in [0.15, 0.2) is 24.3 Å². The SMILES string of the molecule is CC(c1cccc(N2CCC2)c1)S(=O)O. The summed E-state index contributed by atoms with van der Waals surface area (Å²) in [5.74, 6) is 0. The molecule has 1 saturated heterocycles. The van der Waals surface area contributed by atoms with Crippen LogP contribution in [0.3, 0.4) is 0 Å². The number of anilines is 1. The first kappa shape index (κ1) is 10.6. The number of nitrogens with zero attached hydrogens (tertiary/aromatic N) is 1. The third kappa shape index (κ3) is 2.21. The van der Waals surface area contributed by atoms with Crippen molar-refractivity contribution >= 4 is 16.8 Å². The van der Waals surface area contributed by atoms with Crippen LogP contribution in [0.1, 0.15) is 24.2 Å². The van der Waals surface area contributed by atoms with Gasteiger partial charge in [-0.1, -0.05) is 12.1 Å². The molecule has 0 spiro atoms. The molecule has 1 N–H and O–H groups in total. The van der Waals surface area contributed by atoms with E-state index in [1.807, 2.05) is 18.2 Å². The Balaban J connectivity index is 2.21. The Bertz CT molecular complexity index is 377. The van der Waals surface area contributed by atoms with Crippen LogP contribution >= 0.6 is 0 Å². The van der Waals surface area contributed by atoms with Crippen molar-refractivity contribution in [3.8, 4) is 0 Å². The minimum atomic E-state index is -1.79. The molecule has 1 heterocycles. The zero-order valence-corrected chi connectivity index (χ0v) is 9.54. The van der Waals surface area contributed by atoms with Gasteiger partial charge >= 0.3 is 0 Å². The maximum Gasteiger partial charge on any atom is 0.160 e. The number of hydrogen-bond acceptors (Lipinski definition) is 2. The second kappa shape index (κ2) is 4.33. The molecule has 1 aliphatic rings. The van der Waals surface area contributed by atoms with Crippen LogP contribution in [0.5, 0.6) is 0 Å². The van der Waals surface area contributed by atoms with Crippen LogP contribution in [0, 0.1) is 0 Å². The van der Waals surface area contributed by atoms with Gasteiger partial charge < -0.3 is 9.45 Å². The van der Waals surface area contributed by atoms with Gasteiger partial charge in [0.1, 0.15) is 0 Å². The highest BCUT2D eigenvalue weighted by atomic mass is 32.2. The molecule has 2 atom stereocenters. The van der Waals surface area contributed by atoms with Crippen molar-refractivity contribution in [3.63, 3.8) is 0 Å². The molecular weight excluding hydrogens is 210 g/mol. The summed E-state index contributed by atoms with van der Waals surface area (Å²) in [6.45, 7) is 3.96. The maximum absolute atomic E-state index is 11.0. The molecule has 1 aromatic carbocycles. The summed E-state index contributed by atoms with van der Waals surface area (Å²) < 4.78 is 20.0. The van der Waals surface area contributed by atoms with Crippen molar-refractivity contribution in [3.05, 3.63) is 29.8 Å². The van der Waals surface area contributed by atoms with Gasteiger partial charge in [-0.05, 0) is 31.0 Å². The molecule has 1 aliphatic heterocycles. The van der Waals surface area contributed by atoms with Crippen LogP contribution in [0.4, 0.5) is 5.69 Å². The molecule has 2 rings (SSSR count). The molecule has 1 aromatic rings. The van der Waals surface area contributed by atoms with Crippen LogP contribution in [-0.4, -0.2) is 21.9 Å². The van der Waals surface area contributed by atoms with Crippen molar-refractivity contribution in [2.24, 2.45) is 0 Å². The molecule has 4 heteroatoms. The van der Waals surface area contributed by atoms with Gasteiger partial charge in [0, 0.05) is 18.8 Å². The monoisotopic (exact) mass is 225 g/mol. The van der Waals surface area contributed by atoms with E-state index in [0.717, 1.165) is 24.3 Å². The average molecular weight is 225 g/mol. The van der Waals surface area contributed by atoms with Gasteiger partial charge in [-0.25, -0.2) is 4.21 Å². The molecule has 1 fully saturated rings. The van der Waals surface area contributed by atoms with Gasteiger partial charge in [-0.2, -0.15) is 0 Å². The Morgan fingerprint density at radius 2 is 2.20 bits per heavy atom. The quantitative estimate of drug-likeness (QED) is 0.802. The highest BCUT2D eigenvalue weighted by molar-refractivity contribution is 7.79. The van der Waals surface area contributed by atoms with Gasteiger partial charge in [0.15, 0.2) is 11.1 Å². The summed E-state index contributed by atoms with van der Waals surface area (Å²) in [6, 6.07) is 7.92. The summed E-state index contributed by atoms with van der Waals surface area (Å²) in [5.41, 5.74) is 2.09. The maximum atomic E-state index is 11.0. The number of hydrogen-bond donors (Lipinski definition) is 1. The first-order valence-electron chi connectivity index (χ1n) is 5.13. The first-order chi connectivity index (χ1) is 7.18. The van der Waals surface area contributed by atoms with E-state index in [0.29, 0.717) is 0 Å². The summed E-state index contributed by atoms with van der Waals surface area (Å²) in [6.07, 6.45) is 1.24. The number of rotatable bonds is 3. The zero-order valence-electron chi connectivity index (χ0n) is 8.72. The molecule has 15 heavy (non-hydrogen) atoms. The van der Waals surface area contributed by atoms with E-state index in [2.05, 4.69) is 11.0 Å². The zero-order chi connectivity index (χ0) is 10.8. The predicted octanol–water partition coefficient (Wildman–Crippen LogP) is 2.18. The average Bonchev–Trinajstić information content (AvgIpc) is 2.14. The van der Waals surface area contributed by atoms with E-state index in [1.54, 1.807) is 6.92 Å². The highest BCUT2D eigenvalue weighted by Gasteiger charge is 2.17. The Morgan fingerprint density at radius 1 is 1.47 bits per heavy atom. The van der Waals surface area contributed by atoms with E-state index in [1.165, 1.54) is 6.42 Å². The Hall–Kier alpha value is -0.870. The van der Waals surface area contributed by atoms with Gasteiger partial charge in [0.05, 0.1) is 5.25 Å². The van der Waals surface area contributed by atoms with Gasteiger partial charge in [-0.15, -0.1) is 0 Å². The van der Waals surface area contributed by atoms with Crippen molar-refractivity contribution < 1.29 is 8.76 Å². The smallest absolute Gasteiger partial charge is 0.160 e. The van der Waals surface area contributed by atoms with Crippen molar-refractivity contribution in [2.75, 3.05) is 18.0 Å². The molecular formula is C11H15NO2S. The van der Waals surface area contributed by atoms with Gasteiger partial charge in [0.2, 0.25) is 0 Å². The molecule has 0 aliphatic carbocycles. The third-order valence-electron chi connectivity index (χ3n) is 2.86. The highest BCUT2D eigenvalue weighted by Crippen LogP contribution is 2.26. The Labute approximate surface area is 92.4 Å². The lowest BCUT2D eigenvalue weighted by Gasteiger charge is -2.33. The fraction of sp³-hybridized carbons (Fsp3) is 0.455. The fourth-order valence-corrected chi connectivity index (χ4v) is 2.04. The Kier molecular flexibility index (Phi) is 3.07. The summed E-state index contributed by atoms with van der Waals surface area (Å²) in [4.78, 5) is 2.27. The third-order valence-corrected chi connectivity index (χ3v) is 3.74. The van der Waals surface area contributed by atoms with E-state index in [9.17, 15) is 4.21 Å². The van der Waals surface area contributed by atoms with Crippen molar-refractivity contribution in [1.29, 1.82) is 0 Å². The minimum Gasteiger partial charge on any atom is -0.371 e. The lowest BCUT2D eigenvalue weighted by Crippen LogP contribution is -2.36. The summed E-state index contributed by atoms with van der Waals surface area (Å²) in [5, 5.41) is -0.314. The minimum absolute atomic E-state index is 0.314. The lowest BCUT2D eigenvalue weighted by molar-refractivity contribution is 0.553. The van der Waals surface area contributed by atoms with E-state index in [-0.39, 0.29) is 5.25 Å². The van der Waals surface area contributed by atoms with Crippen LogP contribution in [0.25, 0.3) is 0 Å². The first-order valence-corrected chi connectivity index (χ1v) is 6.30. The van der Waals surface area contributed by atoms with Crippen molar-refractivity contribution in [2.45, 2.75) is 18.6 Å². The second-order valence-electron chi connectivity index (χ2n) is 3.85. The molecule has 0 radical (unpaired) electrons. The fourth-order valence-electron chi connectivity index (χ4n) is 1.67. The second-order valence-corrected chi connectivity index (χ2v) is 5.11. The number of benzene rings is 1. The molecule has 3 nitrogen and oxygen atoms in total. The van der Waals surface area contributed by atoms with E-state index < -0.39 is 11.1 Å². The topological polar surface area (TPSA) is 40.5 Å². The molecule has 0 bridgehead atoms. The van der Waals surface area contributed by atoms with E-state index in [4.69, 9.17) is 4.55 Å². The van der Waals surface area contributed by atoms with Gasteiger partial charge in [-0.3, -0.25) is 0 Å². The summed E-state index contributed by atoms with van der Waals surface area (Å²) >= 11 is -1.79. The van der Waals surface area contributed by atoms with Gasteiger partial charge in [0.25, 0.3) is 0 Å². The lowest BCUT2D eigenvalue weighted by atomic mass is 10.1. The molecule has 2 unspecified atom stereocenters. The van der Waals surface area contributed by atoms with Crippen molar-refractivity contribution in [1.82, 2.24) is 0 Å². The standard InChI is InChI=1S/C11H15NO2S/c1-9(15(13)14)10-4-2-5-11(8-10)12-6-3-7-12/h2,4-5,8-9H,3,6-7H2,1H3,(H,13,14). The Morgan fingerprint density at radius 3 is 2.73 bits per heavy atom. The van der Waals surface area contributed by atoms with Crippen LogP contribution in [-0.2, 0) is 11.1 Å². The van der Waals surface area contributed by atoms with Crippen LogP contribution in [0.2, 0.25) is 0 Å².